The van der Waals surface area contributed by atoms with Crippen LogP contribution in [0.4, 0.5) is 0 Å². The maximum Gasteiger partial charge on any atom is 0.307 e. The number of carboxylic acids is 1. The van der Waals surface area contributed by atoms with Crippen LogP contribution in [0.1, 0.15) is 65.7 Å². The first-order valence-corrected chi connectivity index (χ1v) is 10.2. The van der Waals surface area contributed by atoms with Gasteiger partial charge in [0.1, 0.15) is 0 Å². The predicted molar refractivity (Wildman–Crippen MR) is 96.9 cm³/mol. The van der Waals surface area contributed by atoms with Gasteiger partial charge in [-0.25, -0.2) is 0 Å². The number of aliphatic carboxylic acids is 1. The van der Waals surface area contributed by atoms with Crippen molar-refractivity contribution < 1.29 is 14.7 Å². The fourth-order valence-corrected chi connectivity index (χ4v) is 7.64. The number of carbonyl (C=O) groups excluding carboxylic acids is 1. The van der Waals surface area contributed by atoms with Crippen LogP contribution < -0.4 is 0 Å². The molecule has 3 nitrogen and oxygen atoms in total. The minimum atomic E-state index is -0.587. The summed E-state index contributed by atoms with van der Waals surface area (Å²) in [5.74, 6) is 2.53. The molecule has 1 N–H and O–H groups in total. The number of carboxylic acid groups (broad SMARTS) is 1. The fourth-order valence-electron chi connectivity index (χ4n) is 7.64. The van der Waals surface area contributed by atoms with E-state index in [1.165, 1.54) is 6.42 Å². The van der Waals surface area contributed by atoms with E-state index in [1.807, 2.05) is 6.08 Å². The molecule has 0 aromatic rings. The number of fused-ring (bicyclic) bond motifs is 5. The Morgan fingerprint density at radius 1 is 1.16 bits per heavy atom. The zero-order chi connectivity index (χ0) is 18.0. The van der Waals surface area contributed by atoms with Gasteiger partial charge in [0.2, 0.25) is 0 Å². The summed E-state index contributed by atoms with van der Waals surface area (Å²) >= 11 is 0. The minimum absolute atomic E-state index is 0.0330. The van der Waals surface area contributed by atoms with Gasteiger partial charge < -0.3 is 5.11 Å². The van der Waals surface area contributed by atoms with Crippen LogP contribution in [0.2, 0.25) is 0 Å². The highest BCUT2D eigenvalue weighted by Crippen LogP contribution is 2.67. The van der Waals surface area contributed by atoms with Crippen LogP contribution in [-0.2, 0) is 9.59 Å². The van der Waals surface area contributed by atoms with Crippen molar-refractivity contribution in [2.24, 2.45) is 46.3 Å². The van der Waals surface area contributed by atoms with Gasteiger partial charge in [0.25, 0.3) is 0 Å². The van der Waals surface area contributed by atoms with Crippen molar-refractivity contribution in [1.82, 2.24) is 0 Å². The van der Waals surface area contributed by atoms with Crippen molar-refractivity contribution in [2.75, 3.05) is 0 Å². The maximum atomic E-state index is 12.0. The smallest absolute Gasteiger partial charge is 0.307 e. The summed E-state index contributed by atoms with van der Waals surface area (Å²) in [5.41, 5.74) is 0.0840. The van der Waals surface area contributed by atoms with E-state index < -0.39 is 5.97 Å². The molecule has 8 atom stereocenters. The zero-order valence-corrected chi connectivity index (χ0v) is 15.8. The standard InChI is InChI=1S/C22H32O3/c1-13-12-14-4-5-15(23)8-10-21(14,2)17-9-11-22(3)16(19(13)17)6-7-18(22)20(24)25/h8,10,13-14,16-19H,4-7,9,11-12H2,1-3H3,(H,24,25)/t13-,14?,16?,17?,18+,19?,21-,22-/m0/s1. The number of hydrogen-bond acceptors (Lipinski definition) is 2. The van der Waals surface area contributed by atoms with Crippen LogP contribution in [-0.4, -0.2) is 16.9 Å². The van der Waals surface area contributed by atoms with Crippen LogP contribution in [0.15, 0.2) is 12.2 Å². The summed E-state index contributed by atoms with van der Waals surface area (Å²) in [4.78, 5) is 23.8. The molecule has 0 aromatic heterocycles. The van der Waals surface area contributed by atoms with Crippen molar-refractivity contribution in [3.8, 4) is 0 Å². The van der Waals surface area contributed by atoms with Gasteiger partial charge in [0.05, 0.1) is 5.92 Å². The molecule has 25 heavy (non-hydrogen) atoms. The lowest BCUT2D eigenvalue weighted by Crippen LogP contribution is -2.54. The monoisotopic (exact) mass is 344 g/mol. The Bertz CT molecular complexity index is 623. The molecule has 138 valence electrons. The van der Waals surface area contributed by atoms with E-state index >= 15 is 0 Å². The average Bonchev–Trinajstić information content (AvgIpc) is 2.84. The lowest BCUT2D eigenvalue weighted by atomic mass is 9.44. The van der Waals surface area contributed by atoms with Crippen LogP contribution in [0.3, 0.4) is 0 Å². The Labute approximate surface area is 151 Å². The quantitative estimate of drug-likeness (QED) is 0.749. The number of rotatable bonds is 1. The molecule has 0 saturated heterocycles. The van der Waals surface area contributed by atoms with Gasteiger partial charge in [-0.2, -0.15) is 0 Å². The Hall–Kier alpha value is -1.12. The van der Waals surface area contributed by atoms with E-state index in [-0.39, 0.29) is 22.5 Å². The van der Waals surface area contributed by atoms with Crippen molar-refractivity contribution in [3.63, 3.8) is 0 Å². The minimum Gasteiger partial charge on any atom is -0.481 e. The van der Waals surface area contributed by atoms with Gasteiger partial charge in [-0.05, 0) is 85.0 Å². The third kappa shape index (κ3) is 2.37. The van der Waals surface area contributed by atoms with Crippen molar-refractivity contribution in [3.05, 3.63) is 12.2 Å². The van der Waals surface area contributed by atoms with Gasteiger partial charge in [0, 0.05) is 6.42 Å². The molecule has 0 spiro atoms. The van der Waals surface area contributed by atoms with Gasteiger partial charge in [-0.1, -0.05) is 26.8 Å². The van der Waals surface area contributed by atoms with Crippen molar-refractivity contribution >= 4 is 11.8 Å². The summed E-state index contributed by atoms with van der Waals surface area (Å²) in [6.45, 7) is 7.05. The molecule has 0 heterocycles. The highest BCUT2D eigenvalue weighted by Gasteiger charge is 2.62. The van der Waals surface area contributed by atoms with Crippen LogP contribution in [0, 0.1) is 46.3 Å². The first-order valence-electron chi connectivity index (χ1n) is 10.2. The summed E-state index contributed by atoms with van der Waals surface area (Å²) in [6.07, 6.45) is 11.1. The maximum absolute atomic E-state index is 12.0. The molecule has 4 aliphatic carbocycles. The van der Waals surface area contributed by atoms with E-state index in [9.17, 15) is 14.7 Å². The largest absolute Gasteiger partial charge is 0.481 e. The SMILES string of the molecule is C[C@H]1CC2CCC(=O)C=C[C@]2(C)C2CC[C@@]3(C)C(CC[C@@H]3C(=O)O)C21. The molecule has 3 saturated carbocycles. The second-order valence-corrected chi connectivity index (χ2v) is 9.92. The normalized spacial score (nSPS) is 52.0. The lowest BCUT2D eigenvalue weighted by Gasteiger charge is -2.60. The Kier molecular flexibility index (Phi) is 3.94. The number of ketones is 1. The van der Waals surface area contributed by atoms with E-state index in [1.54, 1.807) is 0 Å². The molecule has 3 fully saturated rings. The van der Waals surface area contributed by atoms with Gasteiger partial charge >= 0.3 is 5.97 Å². The van der Waals surface area contributed by atoms with Crippen LogP contribution in [0.25, 0.3) is 0 Å². The van der Waals surface area contributed by atoms with E-state index in [4.69, 9.17) is 0 Å². The second kappa shape index (κ2) is 5.69. The summed E-state index contributed by atoms with van der Waals surface area (Å²) in [7, 11) is 0. The third-order valence-electron chi connectivity index (χ3n) is 8.99. The van der Waals surface area contributed by atoms with E-state index in [2.05, 4.69) is 26.8 Å². The summed E-state index contributed by atoms with van der Waals surface area (Å²) in [5, 5.41) is 9.74. The lowest BCUT2D eigenvalue weighted by molar-refractivity contribution is -0.152. The predicted octanol–water partition coefficient (Wildman–Crippen LogP) is 4.71. The van der Waals surface area contributed by atoms with Crippen molar-refractivity contribution in [1.29, 1.82) is 0 Å². The highest BCUT2D eigenvalue weighted by atomic mass is 16.4. The van der Waals surface area contributed by atoms with Gasteiger partial charge in [-0.3, -0.25) is 9.59 Å². The number of hydrogen-bond donors (Lipinski definition) is 1. The summed E-state index contributed by atoms with van der Waals surface area (Å²) < 4.78 is 0. The first-order chi connectivity index (χ1) is 11.8. The van der Waals surface area contributed by atoms with Crippen LogP contribution >= 0.6 is 0 Å². The Morgan fingerprint density at radius 2 is 1.92 bits per heavy atom. The molecular formula is C22H32O3. The first kappa shape index (κ1) is 17.3. The molecule has 4 unspecified atom stereocenters. The number of carbonyl (C=O) groups is 2. The second-order valence-electron chi connectivity index (χ2n) is 9.92. The molecule has 0 bridgehead atoms. The fraction of sp³-hybridized carbons (Fsp3) is 0.818. The number of allylic oxidation sites excluding steroid dienone is 2. The Morgan fingerprint density at radius 3 is 2.64 bits per heavy atom. The zero-order valence-electron chi connectivity index (χ0n) is 15.8. The third-order valence-corrected chi connectivity index (χ3v) is 8.99. The van der Waals surface area contributed by atoms with E-state index in [0.717, 1.165) is 32.1 Å². The average molecular weight is 344 g/mol. The van der Waals surface area contributed by atoms with Crippen molar-refractivity contribution in [2.45, 2.75) is 65.7 Å². The molecule has 4 aliphatic rings. The molecule has 4 rings (SSSR count). The summed E-state index contributed by atoms with van der Waals surface area (Å²) in [6, 6.07) is 0. The Balaban J connectivity index is 1.71. The molecule has 0 radical (unpaired) electrons. The highest BCUT2D eigenvalue weighted by molar-refractivity contribution is 5.90. The van der Waals surface area contributed by atoms with E-state index in [0.29, 0.717) is 36.0 Å². The van der Waals surface area contributed by atoms with Crippen LogP contribution in [0.5, 0.6) is 0 Å². The topological polar surface area (TPSA) is 54.4 Å². The molecule has 0 amide bonds. The molecular weight excluding hydrogens is 312 g/mol. The molecule has 0 aliphatic heterocycles. The molecule has 0 aromatic carbocycles. The molecule has 3 heteroatoms. The van der Waals surface area contributed by atoms with Gasteiger partial charge in [-0.15, -0.1) is 0 Å². The van der Waals surface area contributed by atoms with Gasteiger partial charge in [0.15, 0.2) is 5.78 Å².